The number of amides is 1. The molecule has 0 bridgehead atoms. The molecule has 0 aromatic rings. The van der Waals surface area contributed by atoms with Crippen LogP contribution in [0.15, 0.2) is 0 Å². The van der Waals surface area contributed by atoms with E-state index in [9.17, 15) is 9.59 Å². The summed E-state index contributed by atoms with van der Waals surface area (Å²) in [4.78, 5) is 22.5. The summed E-state index contributed by atoms with van der Waals surface area (Å²) >= 11 is 0. The highest BCUT2D eigenvalue weighted by Crippen LogP contribution is 2.25. The second-order valence-electron chi connectivity index (χ2n) is 4.92. The number of carboxylic acids is 1. The van der Waals surface area contributed by atoms with Crippen LogP contribution in [0.1, 0.15) is 45.4 Å². The Labute approximate surface area is 102 Å². The highest BCUT2D eigenvalue weighted by Gasteiger charge is 2.33. The molecular weight excluding hydrogens is 220 g/mol. The molecule has 5 heteroatoms. The van der Waals surface area contributed by atoms with Crippen LogP contribution in [0.4, 0.5) is 0 Å². The lowest BCUT2D eigenvalue weighted by Gasteiger charge is -2.17. The number of carboxylic acid groups (broad SMARTS) is 1. The number of rotatable bonds is 6. The van der Waals surface area contributed by atoms with Gasteiger partial charge in [-0.3, -0.25) is 9.59 Å². The van der Waals surface area contributed by atoms with Gasteiger partial charge < -0.3 is 16.2 Å². The van der Waals surface area contributed by atoms with Crippen LogP contribution in [0.25, 0.3) is 0 Å². The third-order valence-electron chi connectivity index (χ3n) is 3.24. The van der Waals surface area contributed by atoms with E-state index in [1.165, 1.54) is 0 Å². The van der Waals surface area contributed by atoms with E-state index >= 15 is 0 Å². The van der Waals surface area contributed by atoms with Gasteiger partial charge in [-0.1, -0.05) is 6.42 Å². The molecule has 1 saturated carbocycles. The molecular formula is C12H22N2O3. The largest absolute Gasteiger partial charge is 0.481 e. The first-order chi connectivity index (χ1) is 8.00. The average Bonchev–Trinajstić information content (AvgIpc) is 2.65. The van der Waals surface area contributed by atoms with Gasteiger partial charge in [0.15, 0.2) is 0 Å². The summed E-state index contributed by atoms with van der Waals surface area (Å²) in [6.07, 6.45) is 4.33. The second-order valence-corrected chi connectivity index (χ2v) is 4.92. The summed E-state index contributed by atoms with van der Waals surface area (Å²) in [5.41, 5.74) is 5.59. The maximum atomic E-state index is 11.6. The summed E-state index contributed by atoms with van der Waals surface area (Å²) in [5, 5.41) is 11.8. The molecule has 4 N–H and O–H groups in total. The molecule has 1 aliphatic rings. The Morgan fingerprint density at radius 3 is 2.76 bits per heavy atom. The number of hydrogen-bond acceptors (Lipinski definition) is 3. The normalized spacial score (nSPS) is 25.5. The molecule has 0 aromatic heterocycles. The van der Waals surface area contributed by atoms with E-state index in [1.807, 2.05) is 6.92 Å². The number of hydrogen-bond donors (Lipinski definition) is 3. The van der Waals surface area contributed by atoms with E-state index in [0.717, 1.165) is 25.7 Å². The Morgan fingerprint density at radius 1 is 1.47 bits per heavy atom. The molecule has 0 radical (unpaired) electrons. The van der Waals surface area contributed by atoms with Gasteiger partial charge in [-0.2, -0.15) is 0 Å². The highest BCUT2D eigenvalue weighted by atomic mass is 16.4. The van der Waals surface area contributed by atoms with Crippen LogP contribution in [0, 0.1) is 5.92 Å². The lowest BCUT2D eigenvalue weighted by Crippen LogP contribution is -2.40. The van der Waals surface area contributed by atoms with Gasteiger partial charge in [-0.25, -0.2) is 0 Å². The first kappa shape index (κ1) is 14.0. The van der Waals surface area contributed by atoms with Crippen molar-refractivity contribution in [3.8, 4) is 0 Å². The van der Waals surface area contributed by atoms with Crippen LogP contribution < -0.4 is 11.1 Å². The number of nitrogens with one attached hydrogen (secondary N) is 1. The molecule has 1 aliphatic carbocycles. The fourth-order valence-electron chi connectivity index (χ4n) is 2.29. The molecule has 0 heterocycles. The van der Waals surface area contributed by atoms with E-state index in [1.54, 1.807) is 0 Å². The number of carbonyl (C=O) groups is 2. The minimum atomic E-state index is -0.802. The smallest absolute Gasteiger partial charge is 0.308 e. The molecule has 5 nitrogen and oxygen atoms in total. The Kier molecular flexibility index (Phi) is 5.41. The van der Waals surface area contributed by atoms with Gasteiger partial charge in [0.25, 0.3) is 0 Å². The van der Waals surface area contributed by atoms with Crippen molar-refractivity contribution in [2.24, 2.45) is 11.7 Å². The molecule has 98 valence electrons. The summed E-state index contributed by atoms with van der Waals surface area (Å²) in [6.45, 7) is 1.91. The summed E-state index contributed by atoms with van der Waals surface area (Å²) < 4.78 is 0. The van der Waals surface area contributed by atoms with Crippen LogP contribution in [-0.2, 0) is 9.59 Å². The Morgan fingerprint density at radius 2 is 2.18 bits per heavy atom. The van der Waals surface area contributed by atoms with E-state index in [0.29, 0.717) is 12.8 Å². The van der Waals surface area contributed by atoms with Gasteiger partial charge in [0.2, 0.25) is 5.91 Å². The fourth-order valence-corrected chi connectivity index (χ4v) is 2.29. The fraction of sp³-hybridized carbons (Fsp3) is 0.833. The zero-order chi connectivity index (χ0) is 12.8. The van der Waals surface area contributed by atoms with Gasteiger partial charge in [0.1, 0.15) is 0 Å². The monoisotopic (exact) mass is 242 g/mol. The van der Waals surface area contributed by atoms with Crippen molar-refractivity contribution in [2.75, 3.05) is 0 Å². The van der Waals surface area contributed by atoms with Crippen molar-refractivity contribution >= 4 is 11.9 Å². The standard InChI is InChI=1S/C12H22N2O3/c1-8(13)4-2-7-11(15)14-10-6-3-5-9(10)12(16)17/h8-10H,2-7,13H2,1H3,(H,14,15)(H,16,17). The first-order valence-corrected chi connectivity index (χ1v) is 6.28. The topological polar surface area (TPSA) is 92.4 Å². The number of aliphatic carboxylic acids is 1. The third kappa shape index (κ3) is 4.73. The van der Waals surface area contributed by atoms with Crippen LogP contribution in [0.2, 0.25) is 0 Å². The van der Waals surface area contributed by atoms with Crippen molar-refractivity contribution in [3.05, 3.63) is 0 Å². The van der Waals surface area contributed by atoms with Crippen LogP contribution in [0.3, 0.4) is 0 Å². The van der Waals surface area contributed by atoms with Crippen molar-refractivity contribution in [1.29, 1.82) is 0 Å². The number of carbonyl (C=O) groups excluding carboxylic acids is 1. The van der Waals surface area contributed by atoms with E-state index in [4.69, 9.17) is 10.8 Å². The van der Waals surface area contributed by atoms with Crippen molar-refractivity contribution in [2.45, 2.75) is 57.5 Å². The molecule has 0 aliphatic heterocycles. The van der Waals surface area contributed by atoms with Gasteiger partial charge in [-0.15, -0.1) is 0 Å². The van der Waals surface area contributed by atoms with Crippen LogP contribution in [0.5, 0.6) is 0 Å². The van der Waals surface area contributed by atoms with E-state index in [-0.39, 0.29) is 18.0 Å². The Balaban J connectivity index is 2.28. The van der Waals surface area contributed by atoms with Gasteiger partial charge in [0.05, 0.1) is 5.92 Å². The maximum Gasteiger partial charge on any atom is 0.308 e. The third-order valence-corrected chi connectivity index (χ3v) is 3.24. The molecule has 17 heavy (non-hydrogen) atoms. The quantitative estimate of drug-likeness (QED) is 0.644. The van der Waals surface area contributed by atoms with Crippen molar-refractivity contribution in [1.82, 2.24) is 5.32 Å². The van der Waals surface area contributed by atoms with Crippen LogP contribution >= 0.6 is 0 Å². The van der Waals surface area contributed by atoms with E-state index < -0.39 is 11.9 Å². The molecule has 0 saturated heterocycles. The van der Waals surface area contributed by atoms with E-state index in [2.05, 4.69) is 5.32 Å². The zero-order valence-electron chi connectivity index (χ0n) is 10.3. The molecule has 0 spiro atoms. The van der Waals surface area contributed by atoms with Crippen LogP contribution in [-0.4, -0.2) is 29.1 Å². The Bertz CT molecular complexity index is 279. The highest BCUT2D eigenvalue weighted by molar-refractivity contribution is 5.78. The lowest BCUT2D eigenvalue weighted by molar-refractivity contribution is -0.142. The predicted molar refractivity (Wildman–Crippen MR) is 64.4 cm³/mol. The second kappa shape index (κ2) is 6.59. The Hall–Kier alpha value is -1.10. The van der Waals surface area contributed by atoms with Crippen molar-refractivity contribution < 1.29 is 14.7 Å². The minimum absolute atomic E-state index is 0.0520. The van der Waals surface area contributed by atoms with Crippen molar-refractivity contribution in [3.63, 3.8) is 0 Å². The maximum absolute atomic E-state index is 11.6. The molecule has 1 fully saturated rings. The van der Waals surface area contributed by atoms with Gasteiger partial charge >= 0.3 is 5.97 Å². The number of nitrogens with two attached hydrogens (primary N) is 1. The summed E-state index contributed by atoms with van der Waals surface area (Å²) in [6, 6.07) is -0.0728. The average molecular weight is 242 g/mol. The van der Waals surface area contributed by atoms with Gasteiger partial charge in [0, 0.05) is 18.5 Å². The molecule has 1 rings (SSSR count). The predicted octanol–water partition coefficient (Wildman–Crippen LogP) is 0.873. The SMILES string of the molecule is CC(N)CCCC(=O)NC1CCCC1C(=O)O. The first-order valence-electron chi connectivity index (χ1n) is 6.28. The molecule has 3 unspecified atom stereocenters. The zero-order valence-corrected chi connectivity index (χ0v) is 10.3. The van der Waals surface area contributed by atoms with Gasteiger partial charge in [-0.05, 0) is 32.6 Å². The summed E-state index contributed by atoms with van der Waals surface area (Å²) in [7, 11) is 0. The molecule has 0 aromatic carbocycles. The molecule has 1 amide bonds. The summed E-state index contributed by atoms with van der Waals surface area (Å²) in [5.74, 6) is -1.26. The minimum Gasteiger partial charge on any atom is -0.481 e. The lowest BCUT2D eigenvalue weighted by atomic mass is 10.0. The molecule has 3 atom stereocenters.